The van der Waals surface area contributed by atoms with E-state index in [1.807, 2.05) is 50.2 Å². The van der Waals surface area contributed by atoms with Crippen LogP contribution >= 0.6 is 12.2 Å². The minimum Gasteiger partial charge on any atom is -0.393 e. The number of amides is 1. The Morgan fingerprint density at radius 3 is 2.40 bits per heavy atom. The first kappa shape index (κ1) is 16.6. The lowest BCUT2D eigenvalue weighted by Crippen LogP contribution is -2.38. The standard InChI is InChI=1S/C15H23N3OS/c1-12-6-4-5-7-13(12)15(19)18(9-8-14(16)20)11-10-17(2)3/h4-7H,8-11H2,1-3H3,(H2,16,20). The van der Waals surface area contributed by atoms with Crippen LogP contribution in [0.5, 0.6) is 0 Å². The number of hydrogen-bond acceptors (Lipinski definition) is 3. The molecule has 0 fully saturated rings. The fourth-order valence-corrected chi connectivity index (χ4v) is 1.96. The Hall–Kier alpha value is -1.46. The van der Waals surface area contributed by atoms with E-state index in [-0.39, 0.29) is 5.91 Å². The van der Waals surface area contributed by atoms with Crippen molar-refractivity contribution < 1.29 is 4.79 Å². The molecule has 5 heteroatoms. The highest BCUT2D eigenvalue weighted by atomic mass is 32.1. The molecule has 0 aliphatic heterocycles. The fraction of sp³-hybridized carbons (Fsp3) is 0.467. The number of carbonyl (C=O) groups is 1. The molecule has 0 bridgehead atoms. The SMILES string of the molecule is Cc1ccccc1C(=O)N(CCC(N)=S)CCN(C)C. The Bertz CT molecular complexity index is 474. The number of aryl methyl sites for hydroxylation is 1. The number of hydrogen-bond donors (Lipinski definition) is 1. The largest absolute Gasteiger partial charge is 0.393 e. The summed E-state index contributed by atoms with van der Waals surface area (Å²) in [5.74, 6) is 0.0428. The molecule has 0 heterocycles. The minimum absolute atomic E-state index is 0.0428. The van der Waals surface area contributed by atoms with Crippen LogP contribution in [0.15, 0.2) is 24.3 Å². The molecule has 2 N–H and O–H groups in total. The maximum Gasteiger partial charge on any atom is 0.254 e. The first-order valence-electron chi connectivity index (χ1n) is 6.69. The second kappa shape index (κ2) is 7.97. The van der Waals surface area contributed by atoms with Crippen LogP contribution < -0.4 is 5.73 Å². The first-order valence-corrected chi connectivity index (χ1v) is 7.10. The number of rotatable bonds is 7. The van der Waals surface area contributed by atoms with E-state index in [0.29, 0.717) is 24.5 Å². The van der Waals surface area contributed by atoms with Crippen molar-refractivity contribution in [2.24, 2.45) is 5.73 Å². The number of nitrogens with zero attached hydrogens (tertiary/aromatic N) is 2. The van der Waals surface area contributed by atoms with E-state index >= 15 is 0 Å². The van der Waals surface area contributed by atoms with Crippen LogP contribution in [0.1, 0.15) is 22.3 Å². The average molecular weight is 293 g/mol. The average Bonchev–Trinajstić information content (AvgIpc) is 2.38. The maximum absolute atomic E-state index is 12.6. The second-order valence-corrected chi connectivity index (χ2v) is 5.65. The fourth-order valence-electron chi connectivity index (χ4n) is 1.86. The van der Waals surface area contributed by atoms with Crippen molar-refractivity contribution >= 4 is 23.1 Å². The molecule has 1 aromatic carbocycles. The topological polar surface area (TPSA) is 49.6 Å². The van der Waals surface area contributed by atoms with E-state index in [9.17, 15) is 4.79 Å². The molecule has 0 saturated carbocycles. The molecule has 0 aliphatic carbocycles. The quantitative estimate of drug-likeness (QED) is 0.777. The Labute approximate surface area is 126 Å². The van der Waals surface area contributed by atoms with Gasteiger partial charge in [-0.1, -0.05) is 30.4 Å². The van der Waals surface area contributed by atoms with E-state index in [1.165, 1.54) is 0 Å². The number of thiocarbonyl (C=S) groups is 1. The third-order valence-electron chi connectivity index (χ3n) is 3.11. The lowest BCUT2D eigenvalue weighted by Gasteiger charge is -2.25. The maximum atomic E-state index is 12.6. The Morgan fingerprint density at radius 1 is 1.20 bits per heavy atom. The van der Waals surface area contributed by atoms with Gasteiger partial charge in [-0.25, -0.2) is 0 Å². The normalized spacial score (nSPS) is 10.6. The van der Waals surface area contributed by atoms with E-state index in [1.54, 1.807) is 0 Å². The summed E-state index contributed by atoms with van der Waals surface area (Å²) in [5.41, 5.74) is 7.28. The van der Waals surface area contributed by atoms with E-state index in [4.69, 9.17) is 18.0 Å². The monoisotopic (exact) mass is 293 g/mol. The van der Waals surface area contributed by atoms with Gasteiger partial charge in [0.1, 0.15) is 0 Å². The second-order valence-electron chi connectivity index (χ2n) is 5.13. The van der Waals surface area contributed by atoms with Gasteiger partial charge in [0, 0.05) is 31.6 Å². The van der Waals surface area contributed by atoms with Crippen molar-refractivity contribution in [3.63, 3.8) is 0 Å². The van der Waals surface area contributed by atoms with Gasteiger partial charge in [-0.3, -0.25) is 4.79 Å². The molecule has 0 spiro atoms. The molecule has 4 nitrogen and oxygen atoms in total. The van der Waals surface area contributed by atoms with E-state index in [0.717, 1.165) is 17.7 Å². The highest BCUT2D eigenvalue weighted by Crippen LogP contribution is 2.11. The highest BCUT2D eigenvalue weighted by Gasteiger charge is 2.17. The Kier molecular flexibility index (Phi) is 6.61. The van der Waals surface area contributed by atoms with Crippen molar-refractivity contribution in [1.29, 1.82) is 0 Å². The molecule has 0 aliphatic rings. The summed E-state index contributed by atoms with van der Waals surface area (Å²) in [5, 5.41) is 0. The molecule has 0 aromatic heterocycles. The van der Waals surface area contributed by atoms with Gasteiger partial charge in [0.15, 0.2) is 0 Å². The Balaban J connectivity index is 2.82. The molecule has 0 unspecified atom stereocenters. The molecule has 0 atom stereocenters. The van der Waals surface area contributed by atoms with Gasteiger partial charge in [0.2, 0.25) is 0 Å². The van der Waals surface area contributed by atoms with Crippen molar-refractivity contribution in [2.45, 2.75) is 13.3 Å². The minimum atomic E-state index is 0.0428. The Morgan fingerprint density at radius 2 is 1.85 bits per heavy atom. The van der Waals surface area contributed by atoms with E-state index in [2.05, 4.69) is 4.90 Å². The summed E-state index contributed by atoms with van der Waals surface area (Å²) in [6, 6.07) is 7.63. The number of carbonyl (C=O) groups excluding carboxylic acids is 1. The number of likely N-dealkylation sites (N-methyl/N-ethyl adjacent to an activating group) is 1. The lowest BCUT2D eigenvalue weighted by atomic mass is 10.1. The molecule has 1 rings (SSSR count). The molecule has 0 saturated heterocycles. The predicted molar refractivity (Wildman–Crippen MR) is 87.0 cm³/mol. The van der Waals surface area contributed by atoms with Gasteiger partial charge in [-0.15, -0.1) is 0 Å². The summed E-state index contributed by atoms with van der Waals surface area (Å²) >= 11 is 4.91. The van der Waals surface area contributed by atoms with Gasteiger partial charge >= 0.3 is 0 Å². The van der Waals surface area contributed by atoms with Crippen LogP contribution in [0.2, 0.25) is 0 Å². The molecule has 20 heavy (non-hydrogen) atoms. The third kappa shape index (κ3) is 5.27. The van der Waals surface area contributed by atoms with Crippen LogP contribution in [0.25, 0.3) is 0 Å². The van der Waals surface area contributed by atoms with Crippen LogP contribution in [-0.2, 0) is 0 Å². The molecule has 1 aromatic rings. The van der Waals surface area contributed by atoms with Crippen LogP contribution in [-0.4, -0.2) is 54.4 Å². The van der Waals surface area contributed by atoms with Crippen LogP contribution in [0, 0.1) is 6.92 Å². The van der Waals surface area contributed by atoms with Crippen molar-refractivity contribution in [1.82, 2.24) is 9.80 Å². The van der Waals surface area contributed by atoms with Gasteiger partial charge in [0.05, 0.1) is 4.99 Å². The summed E-state index contributed by atoms with van der Waals surface area (Å²) in [7, 11) is 3.98. The first-order chi connectivity index (χ1) is 9.41. The lowest BCUT2D eigenvalue weighted by molar-refractivity contribution is 0.0749. The number of nitrogens with two attached hydrogens (primary N) is 1. The summed E-state index contributed by atoms with van der Waals surface area (Å²) in [6.07, 6.45) is 0.556. The van der Waals surface area contributed by atoms with Gasteiger partial charge in [-0.2, -0.15) is 0 Å². The summed E-state index contributed by atoms with van der Waals surface area (Å²) in [4.78, 5) is 16.9. The zero-order valence-electron chi connectivity index (χ0n) is 12.4. The van der Waals surface area contributed by atoms with Gasteiger partial charge in [0.25, 0.3) is 5.91 Å². The van der Waals surface area contributed by atoms with Crippen molar-refractivity contribution in [3.05, 3.63) is 35.4 Å². The molecule has 1 amide bonds. The summed E-state index contributed by atoms with van der Waals surface area (Å²) < 4.78 is 0. The van der Waals surface area contributed by atoms with Crippen LogP contribution in [0.3, 0.4) is 0 Å². The number of benzene rings is 1. The zero-order chi connectivity index (χ0) is 15.1. The van der Waals surface area contributed by atoms with Gasteiger partial charge in [-0.05, 0) is 32.6 Å². The molecule has 110 valence electrons. The van der Waals surface area contributed by atoms with Crippen LogP contribution in [0.4, 0.5) is 0 Å². The zero-order valence-corrected chi connectivity index (χ0v) is 13.2. The highest BCUT2D eigenvalue weighted by molar-refractivity contribution is 7.80. The predicted octanol–water partition coefficient (Wildman–Crippen LogP) is 1.68. The third-order valence-corrected chi connectivity index (χ3v) is 3.31. The van der Waals surface area contributed by atoms with Crippen molar-refractivity contribution in [3.8, 4) is 0 Å². The smallest absolute Gasteiger partial charge is 0.254 e. The van der Waals surface area contributed by atoms with Gasteiger partial charge < -0.3 is 15.5 Å². The molecular weight excluding hydrogens is 270 g/mol. The molecular formula is C15H23N3OS. The molecule has 0 radical (unpaired) electrons. The van der Waals surface area contributed by atoms with Crippen molar-refractivity contribution in [2.75, 3.05) is 33.7 Å². The summed E-state index contributed by atoms with van der Waals surface area (Å²) in [6.45, 7) is 4.00. The van der Waals surface area contributed by atoms with E-state index < -0.39 is 0 Å².